The van der Waals surface area contributed by atoms with Crippen LogP contribution in [0.5, 0.6) is 0 Å². The molecule has 1 heterocycles. The van der Waals surface area contributed by atoms with Crippen molar-refractivity contribution in [3.63, 3.8) is 0 Å². The summed E-state index contributed by atoms with van der Waals surface area (Å²) in [6, 6.07) is 20.6. The molecule has 0 aromatic heterocycles. The number of carbonyl (C=O) groups excluding carboxylic acids is 1. The van der Waals surface area contributed by atoms with Crippen LogP contribution in [0.3, 0.4) is 0 Å². The molecule has 1 aliphatic rings. The molecular formula is C22H28NO+. The van der Waals surface area contributed by atoms with E-state index in [1.54, 1.807) is 4.90 Å². The van der Waals surface area contributed by atoms with Crippen molar-refractivity contribution in [3.8, 4) is 0 Å². The third-order valence-corrected chi connectivity index (χ3v) is 5.18. The highest BCUT2D eigenvalue weighted by Gasteiger charge is 2.26. The van der Waals surface area contributed by atoms with E-state index in [0.29, 0.717) is 6.42 Å². The number of rotatable bonds is 8. The van der Waals surface area contributed by atoms with Crippen LogP contribution in [-0.4, -0.2) is 25.4 Å². The van der Waals surface area contributed by atoms with Crippen molar-refractivity contribution in [2.24, 2.45) is 0 Å². The maximum absolute atomic E-state index is 12.1. The zero-order valence-corrected chi connectivity index (χ0v) is 14.4. The normalized spacial score (nSPS) is 20.2. The van der Waals surface area contributed by atoms with E-state index in [4.69, 9.17) is 0 Å². The summed E-state index contributed by atoms with van der Waals surface area (Å²) in [6.07, 6.45) is 5.41. The standard InChI is InChI=1S/C22H27NO/c24-22(20-12-6-2-7-13-20)14-8-3-9-16-23-17-15-21(18-23)19-10-4-1-5-11-19/h1-2,4-7,10-13,21H,3,8-9,14-18H2/p+1/t21-/m1/s1. The highest BCUT2D eigenvalue weighted by molar-refractivity contribution is 5.95. The quantitative estimate of drug-likeness (QED) is 0.583. The lowest BCUT2D eigenvalue weighted by Crippen LogP contribution is -3.10. The Labute approximate surface area is 145 Å². The molecular weight excluding hydrogens is 294 g/mol. The van der Waals surface area contributed by atoms with Gasteiger partial charge in [0, 0.05) is 24.3 Å². The van der Waals surface area contributed by atoms with Crippen LogP contribution < -0.4 is 4.90 Å². The fourth-order valence-corrected chi connectivity index (χ4v) is 3.77. The Balaban J connectivity index is 1.31. The van der Waals surface area contributed by atoms with Crippen LogP contribution in [0.15, 0.2) is 60.7 Å². The summed E-state index contributed by atoms with van der Waals surface area (Å²) in [4.78, 5) is 13.8. The van der Waals surface area contributed by atoms with E-state index in [2.05, 4.69) is 30.3 Å². The van der Waals surface area contributed by atoms with Gasteiger partial charge in [-0.05, 0) is 24.8 Å². The first-order chi connectivity index (χ1) is 11.8. The summed E-state index contributed by atoms with van der Waals surface area (Å²) >= 11 is 0. The monoisotopic (exact) mass is 322 g/mol. The van der Waals surface area contributed by atoms with Crippen LogP contribution in [0.2, 0.25) is 0 Å². The lowest BCUT2D eigenvalue weighted by atomic mass is 9.99. The number of hydrogen-bond donors (Lipinski definition) is 1. The summed E-state index contributed by atoms with van der Waals surface area (Å²) in [5.74, 6) is 1.02. The van der Waals surface area contributed by atoms with Crippen molar-refractivity contribution in [2.75, 3.05) is 19.6 Å². The molecule has 24 heavy (non-hydrogen) atoms. The minimum absolute atomic E-state index is 0.285. The topological polar surface area (TPSA) is 21.5 Å². The van der Waals surface area contributed by atoms with Gasteiger partial charge in [0.1, 0.15) is 0 Å². The van der Waals surface area contributed by atoms with Crippen LogP contribution in [-0.2, 0) is 0 Å². The third-order valence-electron chi connectivity index (χ3n) is 5.18. The first-order valence-corrected chi connectivity index (χ1v) is 9.29. The Hall–Kier alpha value is -1.93. The predicted octanol–water partition coefficient (Wildman–Crippen LogP) is 3.50. The van der Waals surface area contributed by atoms with E-state index in [1.165, 1.54) is 38.0 Å². The van der Waals surface area contributed by atoms with Gasteiger partial charge in [0.25, 0.3) is 0 Å². The number of nitrogens with one attached hydrogen (secondary N) is 1. The second-order valence-electron chi connectivity index (χ2n) is 6.95. The fraction of sp³-hybridized carbons (Fsp3) is 0.409. The zero-order valence-electron chi connectivity index (χ0n) is 14.4. The summed E-state index contributed by atoms with van der Waals surface area (Å²) in [5, 5.41) is 0. The predicted molar refractivity (Wildman–Crippen MR) is 98.6 cm³/mol. The second kappa shape index (κ2) is 8.79. The Kier molecular flexibility index (Phi) is 6.20. The van der Waals surface area contributed by atoms with Gasteiger partial charge in [-0.1, -0.05) is 60.7 Å². The average molecular weight is 322 g/mol. The number of hydrogen-bond acceptors (Lipinski definition) is 1. The first kappa shape index (κ1) is 16.9. The molecule has 2 nitrogen and oxygen atoms in total. The van der Waals surface area contributed by atoms with Crippen LogP contribution in [0.4, 0.5) is 0 Å². The number of benzene rings is 2. The second-order valence-corrected chi connectivity index (χ2v) is 6.95. The Morgan fingerprint density at radius 2 is 1.62 bits per heavy atom. The van der Waals surface area contributed by atoms with Crippen molar-refractivity contribution in [1.82, 2.24) is 0 Å². The highest BCUT2D eigenvalue weighted by atomic mass is 16.1. The van der Waals surface area contributed by atoms with Crippen molar-refractivity contribution in [2.45, 2.75) is 38.0 Å². The molecule has 0 saturated carbocycles. The maximum atomic E-state index is 12.1. The number of ketones is 1. The number of carbonyl (C=O) groups is 1. The van der Waals surface area contributed by atoms with Crippen LogP contribution in [0.25, 0.3) is 0 Å². The van der Waals surface area contributed by atoms with E-state index in [9.17, 15) is 4.79 Å². The molecule has 0 radical (unpaired) electrons. The minimum Gasteiger partial charge on any atom is -0.334 e. The van der Waals surface area contributed by atoms with Gasteiger partial charge in [-0.25, -0.2) is 0 Å². The van der Waals surface area contributed by atoms with Gasteiger partial charge in [0.15, 0.2) is 5.78 Å². The molecule has 1 unspecified atom stereocenters. The molecule has 0 aliphatic carbocycles. The maximum Gasteiger partial charge on any atom is 0.162 e. The molecule has 0 bridgehead atoms. The van der Waals surface area contributed by atoms with E-state index in [0.717, 1.165) is 24.3 Å². The Bertz CT molecular complexity index is 623. The van der Waals surface area contributed by atoms with Crippen molar-refractivity contribution >= 4 is 5.78 Å². The molecule has 1 N–H and O–H groups in total. The molecule has 1 aliphatic heterocycles. The van der Waals surface area contributed by atoms with Gasteiger partial charge in [-0.15, -0.1) is 0 Å². The number of Topliss-reactive ketones (excluding diaryl/α,β-unsaturated/α-hetero) is 1. The smallest absolute Gasteiger partial charge is 0.162 e. The Morgan fingerprint density at radius 1 is 0.917 bits per heavy atom. The van der Waals surface area contributed by atoms with E-state index in [1.807, 2.05) is 30.3 Å². The van der Waals surface area contributed by atoms with E-state index < -0.39 is 0 Å². The molecule has 2 aromatic rings. The number of unbranched alkanes of at least 4 members (excludes halogenated alkanes) is 2. The summed E-state index contributed by atoms with van der Waals surface area (Å²) in [7, 11) is 0. The van der Waals surface area contributed by atoms with Crippen LogP contribution >= 0.6 is 0 Å². The van der Waals surface area contributed by atoms with Gasteiger partial charge in [0.05, 0.1) is 19.6 Å². The molecule has 1 saturated heterocycles. The van der Waals surface area contributed by atoms with Gasteiger partial charge in [-0.2, -0.15) is 0 Å². The van der Waals surface area contributed by atoms with Gasteiger partial charge in [0.2, 0.25) is 0 Å². The molecule has 3 rings (SSSR count). The molecule has 2 aromatic carbocycles. The molecule has 2 atom stereocenters. The lowest BCUT2D eigenvalue weighted by molar-refractivity contribution is -0.888. The first-order valence-electron chi connectivity index (χ1n) is 9.29. The van der Waals surface area contributed by atoms with Crippen molar-refractivity contribution in [1.29, 1.82) is 0 Å². The molecule has 1 fully saturated rings. The number of quaternary nitrogens is 1. The third kappa shape index (κ3) is 4.78. The summed E-state index contributed by atoms with van der Waals surface area (Å²) in [5.41, 5.74) is 2.36. The molecule has 2 heteroatoms. The molecule has 0 amide bonds. The van der Waals surface area contributed by atoms with Gasteiger partial charge in [-0.3, -0.25) is 4.79 Å². The zero-order chi connectivity index (χ0) is 16.6. The van der Waals surface area contributed by atoms with Crippen LogP contribution in [0.1, 0.15) is 53.9 Å². The Morgan fingerprint density at radius 3 is 2.38 bits per heavy atom. The van der Waals surface area contributed by atoms with Crippen molar-refractivity contribution < 1.29 is 9.69 Å². The van der Waals surface area contributed by atoms with Gasteiger partial charge >= 0.3 is 0 Å². The number of likely N-dealkylation sites (tertiary alicyclic amines) is 1. The lowest BCUT2D eigenvalue weighted by Gasteiger charge is -2.13. The van der Waals surface area contributed by atoms with E-state index >= 15 is 0 Å². The fourth-order valence-electron chi connectivity index (χ4n) is 3.77. The minimum atomic E-state index is 0.285. The highest BCUT2D eigenvalue weighted by Crippen LogP contribution is 2.19. The van der Waals surface area contributed by atoms with Gasteiger partial charge < -0.3 is 4.90 Å². The largest absolute Gasteiger partial charge is 0.334 e. The summed E-state index contributed by atoms with van der Waals surface area (Å²) < 4.78 is 0. The summed E-state index contributed by atoms with van der Waals surface area (Å²) in [6.45, 7) is 3.82. The molecule has 0 spiro atoms. The van der Waals surface area contributed by atoms with Crippen molar-refractivity contribution in [3.05, 3.63) is 71.8 Å². The van der Waals surface area contributed by atoms with E-state index in [-0.39, 0.29) is 5.78 Å². The van der Waals surface area contributed by atoms with Crippen LogP contribution in [0, 0.1) is 0 Å². The molecule has 126 valence electrons. The SMILES string of the molecule is O=C(CCCCC[NH+]1CC[C@@H](c2ccccc2)C1)c1ccccc1. The average Bonchev–Trinajstić information content (AvgIpc) is 3.12.